The number of benzene rings is 2. The second-order valence-electron chi connectivity index (χ2n) is 9.73. The zero-order chi connectivity index (χ0) is 23.5. The van der Waals surface area contributed by atoms with E-state index in [1.165, 1.54) is 17.5 Å². The van der Waals surface area contributed by atoms with Crippen LogP contribution in [0.2, 0.25) is 0 Å². The lowest BCUT2D eigenvalue weighted by atomic mass is 9.71. The van der Waals surface area contributed by atoms with E-state index in [4.69, 9.17) is 0 Å². The molecule has 0 saturated heterocycles. The maximum Gasteiger partial charge on any atom is 0.245 e. The fourth-order valence-electron chi connectivity index (χ4n) is 5.68. The molecule has 176 valence electrons. The van der Waals surface area contributed by atoms with E-state index in [-0.39, 0.29) is 11.3 Å². The van der Waals surface area contributed by atoms with E-state index >= 15 is 0 Å². The third kappa shape index (κ3) is 4.47. The number of amides is 1. The monoisotopic (exact) mass is 472 g/mol. The zero-order valence-electron chi connectivity index (χ0n) is 19.8. The van der Waals surface area contributed by atoms with Crippen molar-refractivity contribution in [3.05, 3.63) is 65.2 Å². The molecule has 0 bridgehead atoms. The molecule has 1 aliphatic carbocycles. The highest BCUT2D eigenvalue weighted by molar-refractivity contribution is 7.98. The topological polar surface area (TPSA) is 61.1 Å². The van der Waals surface area contributed by atoms with Crippen molar-refractivity contribution in [1.82, 2.24) is 9.58 Å². The SMILES string of the molecule is CSc1cc2ccccc2n1NC(=O)C1(CCN2CCc3cc(C#N)ccc3C2)CCCCC1. The molecule has 3 aromatic rings. The first kappa shape index (κ1) is 23.0. The summed E-state index contributed by atoms with van der Waals surface area (Å²) in [6, 6.07) is 18.7. The number of nitrogens with one attached hydrogen (secondary N) is 1. The molecule has 0 spiro atoms. The maximum absolute atomic E-state index is 13.9. The molecule has 1 aliphatic heterocycles. The van der Waals surface area contributed by atoms with E-state index < -0.39 is 0 Å². The van der Waals surface area contributed by atoms with Crippen LogP contribution in [0.3, 0.4) is 0 Å². The second-order valence-corrected chi connectivity index (χ2v) is 10.6. The van der Waals surface area contributed by atoms with Crippen molar-refractivity contribution >= 4 is 28.6 Å². The van der Waals surface area contributed by atoms with Gasteiger partial charge in [0.15, 0.2) is 0 Å². The number of nitriles is 1. The van der Waals surface area contributed by atoms with Gasteiger partial charge in [-0.2, -0.15) is 5.26 Å². The van der Waals surface area contributed by atoms with Gasteiger partial charge in [-0.3, -0.25) is 15.1 Å². The fraction of sp³-hybridized carbons (Fsp3) is 0.429. The van der Waals surface area contributed by atoms with Gasteiger partial charge in [0.1, 0.15) is 0 Å². The normalized spacial score (nSPS) is 17.8. The van der Waals surface area contributed by atoms with Crippen molar-refractivity contribution in [3.8, 4) is 6.07 Å². The summed E-state index contributed by atoms with van der Waals surface area (Å²) in [5.41, 5.74) is 7.41. The lowest BCUT2D eigenvalue weighted by molar-refractivity contribution is -0.129. The van der Waals surface area contributed by atoms with Crippen LogP contribution in [-0.4, -0.2) is 34.8 Å². The van der Waals surface area contributed by atoms with E-state index in [2.05, 4.69) is 46.9 Å². The third-order valence-electron chi connectivity index (χ3n) is 7.73. The van der Waals surface area contributed by atoms with Crippen molar-refractivity contribution < 1.29 is 4.79 Å². The van der Waals surface area contributed by atoms with Gasteiger partial charge >= 0.3 is 0 Å². The van der Waals surface area contributed by atoms with Gasteiger partial charge in [-0.15, -0.1) is 11.8 Å². The quantitative estimate of drug-likeness (QED) is 0.467. The highest BCUT2D eigenvalue weighted by atomic mass is 32.2. The molecule has 34 heavy (non-hydrogen) atoms. The Morgan fingerprint density at radius 1 is 1.12 bits per heavy atom. The van der Waals surface area contributed by atoms with Crippen LogP contribution >= 0.6 is 11.8 Å². The number of hydrogen-bond donors (Lipinski definition) is 1. The van der Waals surface area contributed by atoms with Gasteiger partial charge in [-0.05, 0) is 73.9 Å². The number of rotatable bonds is 6. The minimum atomic E-state index is -0.315. The molecule has 2 heterocycles. The molecule has 0 atom stereocenters. The molecular formula is C28H32N4OS. The van der Waals surface area contributed by atoms with Crippen molar-refractivity contribution in [1.29, 1.82) is 5.26 Å². The first-order chi connectivity index (χ1) is 16.6. The molecule has 0 unspecified atom stereocenters. The minimum Gasteiger partial charge on any atom is -0.299 e. The van der Waals surface area contributed by atoms with Crippen LogP contribution in [0.4, 0.5) is 0 Å². The number of carbonyl (C=O) groups excluding carboxylic acids is 1. The van der Waals surface area contributed by atoms with E-state index in [9.17, 15) is 10.1 Å². The van der Waals surface area contributed by atoms with Crippen LogP contribution in [0, 0.1) is 16.7 Å². The summed E-state index contributed by atoms with van der Waals surface area (Å²) in [7, 11) is 0. The largest absolute Gasteiger partial charge is 0.299 e. The number of thioether (sulfide) groups is 1. The molecule has 2 aromatic carbocycles. The maximum atomic E-state index is 13.9. The molecule has 6 heteroatoms. The molecule has 0 radical (unpaired) electrons. The number of nitrogens with zero attached hydrogens (tertiary/aromatic N) is 3. The van der Waals surface area contributed by atoms with Gasteiger partial charge in [0.25, 0.3) is 0 Å². The van der Waals surface area contributed by atoms with E-state index in [1.807, 2.05) is 28.9 Å². The van der Waals surface area contributed by atoms with Crippen LogP contribution in [0.1, 0.15) is 55.2 Å². The minimum absolute atomic E-state index is 0.167. The number of para-hydroxylation sites is 1. The van der Waals surface area contributed by atoms with Crippen molar-refractivity contribution in [2.75, 3.05) is 24.8 Å². The van der Waals surface area contributed by atoms with Crippen LogP contribution in [0.5, 0.6) is 0 Å². The summed E-state index contributed by atoms with van der Waals surface area (Å²) >= 11 is 1.66. The van der Waals surface area contributed by atoms with Crippen molar-refractivity contribution in [3.63, 3.8) is 0 Å². The van der Waals surface area contributed by atoms with Gasteiger partial charge in [-0.25, -0.2) is 4.68 Å². The molecular weight excluding hydrogens is 440 g/mol. The van der Waals surface area contributed by atoms with Crippen LogP contribution < -0.4 is 5.43 Å². The lowest BCUT2D eigenvalue weighted by Gasteiger charge is -2.38. The van der Waals surface area contributed by atoms with Gasteiger partial charge in [0.05, 0.1) is 27.6 Å². The van der Waals surface area contributed by atoms with Gasteiger partial charge in [-0.1, -0.05) is 43.5 Å². The lowest BCUT2D eigenvalue weighted by Crippen LogP contribution is -2.44. The van der Waals surface area contributed by atoms with E-state index in [0.717, 1.165) is 79.7 Å². The van der Waals surface area contributed by atoms with Crippen molar-refractivity contribution in [2.24, 2.45) is 5.41 Å². The van der Waals surface area contributed by atoms with Crippen LogP contribution in [-0.2, 0) is 17.8 Å². The van der Waals surface area contributed by atoms with Crippen molar-refractivity contribution in [2.45, 2.75) is 56.5 Å². The summed E-state index contributed by atoms with van der Waals surface area (Å²) in [4.78, 5) is 16.3. The number of hydrogen-bond acceptors (Lipinski definition) is 4. The molecule has 1 saturated carbocycles. The molecule has 5 rings (SSSR count). The van der Waals surface area contributed by atoms with Gasteiger partial charge in [0, 0.05) is 18.5 Å². The van der Waals surface area contributed by atoms with Crippen LogP contribution in [0.15, 0.2) is 53.6 Å². The van der Waals surface area contributed by atoms with Gasteiger partial charge in [0.2, 0.25) is 5.91 Å². The smallest absolute Gasteiger partial charge is 0.245 e. The fourth-order valence-corrected chi connectivity index (χ4v) is 6.25. The number of carbonyl (C=O) groups is 1. The number of aromatic nitrogens is 1. The average molecular weight is 473 g/mol. The van der Waals surface area contributed by atoms with E-state index in [0.29, 0.717) is 0 Å². The highest BCUT2D eigenvalue weighted by Crippen LogP contribution is 2.41. The molecule has 2 aliphatic rings. The Bertz CT molecular complexity index is 1230. The average Bonchev–Trinajstić information content (AvgIpc) is 3.25. The predicted molar refractivity (Wildman–Crippen MR) is 138 cm³/mol. The molecule has 1 N–H and O–H groups in total. The first-order valence-corrected chi connectivity index (χ1v) is 13.5. The Morgan fingerprint density at radius 2 is 1.94 bits per heavy atom. The Kier molecular flexibility index (Phi) is 6.67. The molecule has 5 nitrogen and oxygen atoms in total. The zero-order valence-corrected chi connectivity index (χ0v) is 20.7. The van der Waals surface area contributed by atoms with E-state index in [1.54, 1.807) is 11.8 Å². The third-order valence-corrected chi connectivity index (χ3v) is 8.44. The highest BCUT2D eigenvalue weighted by Gasteiger charge is 2.40. The number of fused-ring (bicyclic) bond motifs is 2. The molecule has 1 fully saturated rings. The van der Waals surface area contributed by atoms with Crippen LogP contribution in [0.25, 0.3) is 10.9 Å². The molecule has 1 amide bonds. The first-order valence-electron chi connectivity index (χ1n) is 12.3. The summed E-state index contributed by atoms with van der Waals surface area (Å²) in [6.07, 6.45) is 9.29. The Balaban J connectivity index is 1.32. The predicted octanol–water partition coefficient (Wildman–Crippen LogP) is 5.70. The second kappa shape index (κ2) is 9.85. The molecule has 1 aromatic heterocycles. The van der Waals surface area contributed by atoms with Gasteiger partial charge < -0.3 is 0 Å². The summed E-state index contributed by atoms with van der Waals surface area (Å²) in [5.74, 6) is 0.167. The Morgan fingerprint density at radius 3 is 2.74 bits per heavy atom. The summed E-state index contributed by atoms with van der Waals surface area (Å²) < 4.78 is 1.99. The Hall–Kier alpha value is -2.75. The Labute approximate surface area is 206 Å². The summed E-state index contributed by atoms with van der Waals surface area (Å²) in [5, 5.41) is 11.4. The standard InChI is InChI=1S/C28H32N4OS/c1-34-26-18-23-7-3-4-8-25(23)32(26)30-27(33)28(12-5-2-6-13-28)14-16-31-15-11-22-17-21(19-29)9-10-24(22)20-31/h3-4,7-10,17-18H,2,5-6,11-16,20H2,1H3,(H,30,33). The summed E-state index contributed by atoms with van der Waals surface area (Å²) in [6.45, 7) is 2.81.